The van der Waals surface area contributed by atoms with Gasteiger partial charge in [-0.3, -0.25) is 14.2 Å². The van der Waals surface area contributed by atoms with E-state index in [0.29, 0.717) is 28.0 Å². The zero-order chi connectivity index (χ0) is 23.4. The van der Waals surface area contributed by atoms with Gasteiger partial charge >= 0.3 is 5.97 Å². The van der Waals surface area contributed by atoms with Crippen molar-refractivity contribution in [2.45, 2.75) is 19.9 Å². The normalized spacial score (nSPS) is 11.8. The Balaban J connectivity index is 2.23. The molecule has 1 atom stereocenters. The van der Waals surface area contributed by atoms with Crippen LogP contribution in [-0.2, 0) is 9.53 Å². The molecule has 0 spiro atoms. The Morgan fingerprint density at radius 2 is 1.66 bits per heavy atom. The summed E-state index contributed by atoms with van der Waals surface area (Å²) < 4.78 is 16.9. The van der Waals surface area contributed by atoms with E-state index >= 15 is 0 Å². The van der Waals surface area contributed by atoms with E-state index in [1.807, 2.05) is 13.8 Å². The van der Waals surface area contributed by atoms with Crippen molar-refractivity contribution in [2.75, 3.05) is 21.3 Å². The maximum Gasteiger partial charge on any atom is 0.328 e. The van der Waals surface area contributed by atoms with Crippen molar-refractivity contribution in [1.29, 1.82) is 0 Å². The molecule has 168 valence electrons. The maximum absolute atomic E-state index is 13.3. The summed E-state index contributed by atoms with van der Waals surface area (Å²) in [5, 5.41) is 3.56. The van der Waals surface area contributed by atoms with Gasteiger partial charge in [0.05, 0.1) is 32.6 Å². The minimum absolute atomic E-state index is 0.193. The van der Waals surface area contributed by atoms with Crippen LogP contribution in [0.5, 0.6) is 11.5 Å². The lowest BCUT2D eigenvalue weighted by Gasteiger charge is -2.21. The molecular weight excluding hydrogens is 412 g/mol. The highest BCUT2D eigenvalue weighted by Gasteiger charge is 2.27. The first-order valence-corrected chi connectivity index (χ1v) is 10.1. The van der Waals surface area contributed by atoms with E-state index in [1.54, 1.807) is 42.5 Å². The van der Waals surface area contributed by atoms with Crippen molar-refractivity contribution in [3.63, 3.8) is 0 Å². The summed E-state index contributed by atoms with van der Waals surface area (Å²) in [6, 6.07) is 11.0. The van der Waals surface area contributed by atoms with E-state index < -0.39 is 17.9 Å². The van der Waals surface area contributed by atoms with Gasteiger partial charge < -0.3 is 19.5 Å². The second-order valence-electron chi connectivity index (χ2n) is 7.52. The van der Waals surface area contributed by atoms with Crippen LogP contribution in [0.3, 0.4) is 0 Å². The number of ether oxygens (including phenoxy) is 3. The summed E-state index contributed by atoms with van der Waals surface area (Å²) in [4.78, 5) is 38.8. The summed E-state index contributed by atoms with van der Waals surface area (Å²) in [5.41, 5.74) is 0.335. The number of rotatable bonds is 7. The van der Waals surface area contributed by atoms with Crippen molar-refractivity contribution in [1.82, 2.24) is 9.88 Å². The number of benzene rings is 2. The molecule has 8 heteroatoms. The zero-order valence-corrected chi connectivity index (χ0v) is 18.7. The first-order valence-electron chi connectivity index (χ1n) is 10.1. The SMILES string of the molecule is COC(=O)[C@@H](NC(=O)c1cn(-c2cc(OC)ccc2OC)c(=O)c2ccccc12)C(C)C. The number of hydrogen-bond acceptors (Lipinski definition) is 6. The van der Waals surface area contributed by atoms with Crippen LogP contribution in [0, 0.1) is 5.92 Å². The number of pyridine rings is 1. The van der Waals surface area contributed by atoms with Gasteiger partial charge in [0, 0.05) is 23.0 Å². The van der Waals surface area contributed by atoms with Crippen molar-refractivity contribution < 1.29 is 23.8 Å². The van der Waals surface area contributed by atoms with Crippen LogP contribution < -0.4 is 20.3 Å². The molecule has 0 bridgehead atoms. The summed E-state index contributed by atoms with van der Waals surface area (Å²) in [7, 11) is 4.29. The predicted molar refractivity (Wildman–Crippen MR) is 121 cm³/mol. The molecule has 3 aromatic rings. The summed E-state index contributed by atoms with van der Waals surface area (Å²) in [6.45, 7) is 3.62. The van der Waals surface area contributed by atoms with E-state index in [0.717, 1.165) is 0 Å². The molecule has 0 radical (unpaired) electrons. The quantitative estimate of drug-likeness (QED) is 0.570. The molecule has 0 unspecified atom stereocenters. The van der Waals surface area contributed by atoms with Crippen molar-refractivity contribution >= 4 is 22.6 Å². The number of hydrogen-bond donors (Lipinski definition) is 1. The summed E-state index contributed by atoms with van der Waals surface area (Å²) in [5.74, 6) is -0.273. The fourth-order valence-corrected chi connectivity index (χ4v) is 3.48. The molecule has 0 aliphatic heterocycles. The molecule has 32 heavy (non-hydrogen) atoms. The Morgan fingerprint density at radius 1 is 0.969 bits per heavy atom. The number of methoxy groups -OCH3 is 3. The number of amides is 1. The van der Waals surface area contributed by atoms with Gasteiger partial charge in [0.25, 0.3) is 11.5 Å². The van der Waals surface area contributed by atoms with Crippen molar-refractivity contribution in [3.8, 4) is 17.2 Å². The third-order valence-electron chi connectivity index (χ3n) is 5.22. The minimum atomic E-state index is -0.835. The fraction of sp³-hybridized carbons (Fsp3) is 0.292. The molecule has 0 fully saturated rings. The third kappa shape index (κ3) is 4.30. The Hall–Kier alpha value is -3.81. The van der Waals surface area contributed by atoms with Crippen LogP contribution in [0.25, 0.3) is 16.5 Å². The number of carbonyl (C=O) groups is 2. The van der Waals surface area contributed by atoms with Crippen molar-refractivity contribution in [3.05, 3.63) is 64.6 Å². The maximum atomic E-state index is 13.3. The van der Waals surface area contributed by atoms with Gasteiger partial charge in [-0.25, -0.2) is 4.79 Å². The van der Waals surface area contributed by atoms with E-state index in [1.165, 1.54) is 32.1 Å². The molecule has 0 saturated carbocycles. The van der Waals surface area contributed by atoms with Gasteiger partial charge in [0.15, 0.2) is 0 Å². The van der Waals surface area contributed by atoms with Crippen LogP contribution in [0.1, 0.15) is 24.2 Å². The highest BCUT2D eigenvalue weighted by molar-refractivity contribution is 6.07. The first kappa shape index (κ1) is 22.9. The predicted octanol–water partition coefficient (Wildman–Crippen LogP) is 2.94. The third-order valence-corrected chi connectivity index (χ3v) is 5.22. The molecule has 1 aromatic heterocycles. The first-order chi connectivity index (χ1) is 15.3. The number of nitrogens with zero attached hydrogens (tertiary/aromatic N) is 1. The Kier molecular flexibility index (Phi) is 6.82. The molecule has 1 heterocycles. The summed E-state index contributed by atoms with van der Waals surface area (Å²) >= 11 is 0. The molecule has 1 amide bonds. The zero-order valence-electron chi connectivity index (χ0n) is 18.7. The largest absolute Gasteiger partial charge is 0.497 e. The van der Waals surface area contributed by atoms with Crippen LogP contribution in [-0.4, -0.2) is 43.8 Å². The highest BCUT2D eigenvalue weighted by Crippen LogP contribution is 2.28. The number of aromatic nitrogens is 1. The Labute approximate surface area is 185 Å². The van der Waals surface area contributed by atoms with E-state index in [-0.39, 0.29) is 17.0 Å². The smallest absolute Gasteiger partial charge is 0.328 e. The highest BCUT2D eigenvalue weighted by atomic mass is 16.5. The molecule has 1 N–H and O–H groups in total. The molecule has 8 nitrogen and oxygen atoms in total. The minimum Gasteiger partial charge on any atom is -0.497 e. The van der Waals surface area contributed by atoms with Crippen LogP contribution in [0.2, 0.25) is 0 Å². The van der Waals surface area contributed by atoms with Crippen LogP contribution in [0.4, 0.5) is 0 Å². The topological polar surface area (TPSA) is 95.9 Å². The second-order valence-corrected chi connectivity index (χ2v) is 7.52. The number of fused-ring (bicyclic) bond motifs is 1. The summed E-state index contributed by atoms with van der Waals surface area (Å²) in [6.07, 6.45) is 1.45. The molecule has 3 rings (SSSR count). The van der Waals surface area contributed by atoms with Gasteiger partial charge in [-0.1, -0.05) is 32.0 Å². The molecular formula is C24H26N2O6. The monoisotopic (exact) mass is 438 g/mol. The van der Waals surface area contributed by atoms with Gasteiger partial charge in [0.1, 0.15) is 17.5 Å². The second kappa shape index (κ2) is 9.55. The van der Waals surface area contributed by atoms with Gasteiger partial charge in [-0.05, 0) is 24.1 Å². The number of nitrogens with one attached hydrogen (secondary N) is 1. The van der Waals surface area contributed by atoms with Gasteiger partial charge in [-0.15, -0.1) is 0 Å². The van der Waals surface area contributed by atoms with E-state index in [4.69, 9.17) is 14.2 Å². The van der Waals surface area contributed by atoms with Crippen LogP contribution in [0.15, 0.2) is 53.5 Å². The lowest BCUT2D eigenvalue weighted by atomic mass is 10.0. The number of carbonyl (C=O) groups excluding carboxylic acids is 2. The molecule has 2 aromatic carbocycles. The van der Waals surface area contributed by atoms with Crippen LogP contribution >= 0.6 is 0 Å². The Morgan fingerprint density at radius 3 is 2.25 bits per heavy atom. The molecule has 0 saturated heterocycles. The van der Waals surface area contributed by atoms with E-state index in [9.17, 15) is 14.4 Å². The Bertz CT molecular complexity index is 1210. The fourth-order valence-electron chi connectivity index (χ4n) is 3.48. The van der Waals surface area contributed by atoms with Gasteiger partial charge in [-0.2, -0.15) is 0 Å². The standard InChI is InChI=1S/C24H26N2O6/c1-14(2)21(24(29)32-5)25-22(27)18-13-26(23(28)17-9-7-6-8-16(17)18)19-12-15(30-3)10-11-20(19)31-4/h6-14,21H,1-5H3,(H,25,27)/t21-/m0/s1. The van der Waals surface area contributed by atoms with Crippen molar-refractivity contribution in [2.24, 2.45) is 5.92 Å². The number of esters is 1. The average Bonchev–Trinajstić information content (AvgIpc) is 2.81. The molecule has 0 aliphatic carbocycles. The lowest BCUT2D eigenvalue weighted by Crippen LogP contribution is -2.45. The van der Waals surface area contributed by atoms with E-state index in [2.05, 4.69) is 5.32 Å². The average molecular weight is 438 g/mol. The van der Waals surface area contributed by atoms with Gasteiger partial charge in [0.2, 0.25) is 0 Å². The molecule has 0 aliphatic rings. The lowest BCUT2D eigenvalue weighted by molar-refractivity contribution is -0.144.